The van der Waals surface area contributed by atoms with Gasteiger partial charge in [-0.3, -0.25) is 9.59 Å². The molecule has 0 spiro atoms. The van der Waals surface area contributed by atoms with Gasteiger partial charge in [0, 0.05) is 31.7 Å². The SMILES string of the molecule is CCOc1ccc(CCN2CC(SC(C)=O)CC2=O)cc1. The molecule has 0 bridgehead atoms. The Kier molecular flexibility index (Phi) is 5.67. The number of thioether (sulfide) groups is 1. The van der Waals surface area contributed by atoms with E-state index >= 15 is 0 Å². The van der Waals surface area contributed by atoms with Crippen LogP contribution in [0.25, 0.3) is 0 Å². The molecule has 0 N–H and O–H groups in total. The second-order valence-electron chi connectivity index (χ2n) is 5.10. The molecule has 1 saturated heterocycles. The second kappa shape index (κ2) is 7.50. The fourth-order valence-corrected chi connectivity index (χ4v) is 3.40. The molecule has 4 nitrogen and oxygen atoms in total. The highest BCUT2D eigenvalue weighted by Crippen LogP contribution is 2.24. The third-order valence-corrected chi connectivity index (χ3v) is 4.40. The van der Waals surface area contributed by atoms with Crippen molar-refractivity contribution in [1.82, 2.24) is 4.90 Å². The Bertz CT molecular complexity index is 501. The van der Waals surface area contributed by atoms with Crippen molar-refractivity contribution in [3.05, 3.63) is 29.8 Å². The lowest BCUT2D eigenvalue weighted by Gasteiger charge is -2.16. The Morgan fingerprint density at radius 1 is 1.38 bits per heavy atom. The van der Waals surface area contributed by atoms with E-state index in [0.29, 0.717) is 26.1 Å². The summed E-state index contributed by atoms with van der Waals surface area (Å²) in [5.74, 6) is 1.02. The largest absolute Gasteiger partial charge is 0.494 e. The third-order valence-electron chi connectivity index (χ3n) is 3.42. The van der Waals surface area contributed by atoms with Crippen LogP contribution in [-0.2, 0) is 16.0 Å². The zero-order valence-corrected chi connectivity index (χ0v) is 13.3. The van der Waals surface area contributed by atoms with E-state index in [9.17, 15) is 9.59 Å². The minimum atomic E-state index is 0.0844. The Labute approximate surface area is 129 Å². The van der Waals surface area contributed by atoms with Gasteiger partial charge in [0.25, 0.3) is 0 Å². The number of hydrogen-bond donors (Lipinski definition) is 0. The maximum absolute atomic E-state index is 11.9. The zero-order valence-electron chi connectivity index (χ0n) is 12.5. The number of nitrogens with zero attached hydrogens (tertiary/aromatic N) is 1. The predicted molar refractivity (Wildman–Crippen MR) is 84.6 cm³/mol. The van der Waals surface area contributed by atoms with Crippen LogP contribution in [0.4, 0.5) is 0 Å². The van der Waals surface area contributed by atoms with Gasteiger partial charge in [-0.1, -0.05) is 23.9 Å². The van der Waals surface area contributed by atoms with Gasteiger partial charge in [-0.25, -0.2) is 0 Å². The van der Waals surface area contributed by atoms with Gasteiger partial charge in [-0.2, -0.15) is 0 Å². The smallest absolute Gasteiger partial charge is 0.223 e. The molecule has 0 radical (unpaired) electrons. The monoisotopic (exact) mass is 307 g/mol. The molecule has 1 unspecified atom stereocenters. The summed E-state index contributed by atoms with van der Waals surface area (Å²) in [6, 6.07) is 7.98. The summed E-state index contributed by atoms with van der Waals surface area (Å²) in [7, 11) is 0. The maximum Gasteiger partial charge on any atom is 0.223 e. The van der Waals surface area contributed by atoms with Crippen LogP contribution in [0.15, 0.2) is 24.3 Å². The number of likely N-dealkylation sites (tertiary alicyclic amines) is 1. The molecule has 1 heterocycles. The van der Waals surface area contributed by atoms with E-state index in [1.165, 1.54) is 17.3 Å². The number of benzene rings is 1. The van der Waals surface area contributed by atoms with Crippen molar-refractivity contribution >= 4 is 22.8 Å². The first-order valence-electron chi connectivity index (χ1n) is 7.25. The molecular formula is C16H21NO3S. The maximum atomic E-state index is 11.9. The first kappa shape index (κ1) is 15.9. The van der Waals surface area contributed by atoms with E-state index in [2.05, 4.69) is 0 Å². The molecule has 1 atom stereocenters. The Morgan fingerprint density at radius 3 is 2.71 bits per heavy atom. The van der Waals surface area contributed by atoms with Crippen LogP contribution in [0.2, 0.25) is 0 Å². The summed E-state index contributed by atoms with van der Waals surface area (Å²) in [5, 5.41) is 0.205. The molecule has 5 heteroatoms. The summed E-state index contributed by atoms with van der Waals surface area (Å²) in [4.78, 5) is 24.9. The topological polar surface area (TPSA) is 46.6 Å². The fraction of sp³-hybridized carbons (Fsp3) is 0.500. The Balaban J connectivity index is 1.82. The highest BCUT2D eigenvalue weighted by atomic mass is 32.2. The number of amides is 1. The summed E-state index contributed by atoms with van der Waals surface area (Å²) < 4.78 is 5.41. The van der Waals surface area contributed by atoms with Crippen molar-refractivity contribution in [2.24, 2.45) is 0 Å². The standard InChI is InChI=1S/C16H21NO3S/c1-3-20-14-6-4-13(5-7-14)8-9-17-11-15(10-16(17)19)21-12(2)18/h4-7,15H,3,8-11H2,1-2H3. The summed E-state index contributed by atoms with van der Waals surface area (Å²) >= 11 is 1.28. The van der Waals surface area contributed by atoms with E-state index in [4.69, 9.17) is 4.74 Å². The molecule has 1 aromatic carbocycles. The molecule has 1 amide bonds. The molecule has 1 aliphatic heterocycles. The number of hydrogen-bond acceptors (Lipinski definition) is 4. The van der Waals surface area contributed by atoms with Gasteiger partial charge in [0.05, 0.1) is 6.61 Å². The minimum Gasteiger partial charge on any atom is -0.494 e. The Hall–Kier alpha value is -1.49. The quantitative estimate of drug-likeness (QED) is 0.810. The predicted octanol–water partition coefficient (Wildman–Crippen LogP) is 2.51. The number of carbonyl (C=O) groups excluding carboxylic acids is 2. The van der Waals surface area contributed by atoms with E-state index in [1.807, 2.05) is 36.1 Å². The van der Waals surface area contributed by atoms with Crippen molar-refractivity contribution in [2.75, 3.05) is 19.7 Å². The fourth-order valence-electron chi connectivity index (χ4n) is 2.45. The van der Waals surface area contributed by atoms with Crippen molar-refractivity contribution in [3.8, 4) is 5.75 Å². The van der Waals surface area contributed by atoms with Gasteiger partial charge < -0.3 is 9.64 Å². The van der Waals surface area contributed by atoms with Gasteiger partial charge >= 0.3 is 0 Å². The number of carbonyl (C=O) groups is 2. The first-order valence-corrected chi connectivity index (χ1v) is 8.13. The van der Waals surface area contributed by atoms with Gasteiger partial charge in [0.15, 0.2) is 5.12 Å². The van der Waals surface area contributed by atoms with Crippen LogP contribution >= 0.6 is 11.8 Å². The van der Waals surface area contributed by atoms with Gasteiger partial charge in [-0.15, -0.1) is 0 Å². The highest BCUT2D eigenvalue weighted by molar-refractivity contribution is 8.14. The molecule has 1 aromatic rings. The van der Waals surface area contributed by atoms with E-state index < -0.39 is 0 Å². The van der Waals surface area contributed by atoms with Crippen molar-refractivity contribution < 1.29 is 14.3 Å². The molecule has 2 rings (SSSR count). The van der Waals surface area contributed by atoms with Crippen LogP contribution in [0.1, 0.15) is 25.8 Å². The van der Waals surface area contributed by atoms with Gasteiger partial charge in [0.1, 0.15) is 5.75 Å². The van der Waals surface area contributed by atoms with Crippen LogP contribution in [0.3, 0.4) is 0 Å². The minimum absolute atomic E-state index is 0.0844. The molecule has 1 aliphatic rings. The average Bonchev–Trinajstić information content (AvgIpc) is 2.77. The average molecular weight is 307 g/mol. The molecule has 21 heavy (non-hydrogen) atoms. The summed E-state index contributed by atoms with van der Waals surface area (Å²) in [6.07, 6.45) is 1.31. The van der Waals surface area contributed by atoms with Crippen molar-refractivity contribution in [2.45, 2.75) is 31.9 Å². The van der Waals surface area contributed by atoms with E-state index in [-0.39, 0.29) is 16.3 Å². The third kappa shape index (κ3) is 4.77. The van der Waals surface area contributed by atoms with E-state index in [1.54, 1.807) is 6.92 Å². The summed E-state index contributed by atoms with van der Waals surface area (Å²) in [5.41, 5.74) is 1.19. The highest BCUT2D eigenvalue weighted by Gasteiger charge is 2.30. The lowest BCUT2D eigenvalue weighted by molar-refractivity contribution is -0.127. The number of ether oxygens (including phenoxy) is 1. The second-order valence-corrected chi connectivity index (χ2v) is 6.58. The van der Waals surface area contributed by atoms with Crippen LogP contribution in [0.5, 0.6) is 5.75 Å². The van der Waals surface area contributed by atoms with Crippen LogP contribution in [-0.4, -0.2) is 40.9 Å². The Morgan fingerprint density at radius 2 is 2.10 bits per heavy atom. The molecular weight excluding hydrogens is 286 g/mol. The zero-order chi connectivity index (χ0) is 15.2. The van der Waals surface area contributed by atoms with Gasteiger partial charge in [0.2, 0.25) is 5.91 Å². The lowest BCUT2D eigenvalue weighted by atomic mass is 10.1. The summed E-state index contributed by atoms with van der Waals surface area (Å²) in [6.45, 7) is 5.57. The van der Waals surface area contributed by atoms with Crippen molar-refractivity contribution in [1.29, 1.82) is 0 Å². The molecule has 0 saturated carbocycles. The van der Waals surface area contributed by atoms with E-state index in [0.717, 1.165) is 12.2 Å². The van der Waals surface area contributed by atoms with Crippen molar-refractivity contribution in [3.63, 3.8) is 0 Å². The number of rotatable bonds is 6. The molecule has 1 fully saturated rings. The molecule has 0 aliphatic carbocycles. The van der Waals surface area contributed by atoms with Crippen LogP contribution in [0, 0.1) is 0 Å². The van der Waals surface area contributed by atoms with Crippen LogP contribution < -0.4 is 4.74 Å². The van der Waals surface area contributed by atoms with Gasteiger partial charge in [-0.05, 0) is 31.0 Å². The molecule has 114 valence electrons. The molecule has 0 aromatic heterocycles. The normalized spacial score (nSPS) is 18.1. The lowest BCUT2D eigenvalue weighted by Crippen LogP contribution is -2.27. The first-order chi connectivity index (χ1) is 10.1.